The van der Waals surface area contributed by atoms with Gasteiger partial charge in [-0.15, -0.1) is 17.5 Å². The molecule has 0 aliphatic carbocycles. The predicted molar refractivity (Wildman–Crippen MR) is 101 cm³/mol. The number of hydrogen-bond donors (Lipinski definition) is 2. The maximum absolute atomic E-state index is 13.7. The van der Waals surface area contributed by atoms with E-state index < -0.39 is 0 Å². The van der Waals surface area contributed by atoms with Crippen LogP contribution in [0, 0.1) is 12.7 Å². The summed E-state index contributed by atoms with van der Waals surface area (Å²) >= 11 is 0. The number of piperidine rings is 1. The molecule has 1 amide bonds. The Morgan fingerprint density at radius 2 is 2.15 bits per heavy atom. The van der Waals surface area contributed by atoms with E-state index in [0.29, 0.717) is 11.3 Å². The lowest BCUT2D eigenvalue weighted by Gasteiger charge is -2.23. The largest absolute Gasteiger partial charge is 0.380 e. The molecule has 1 saturated heterocycles. The molecule has 2 heterocycles. The average molecular weight is 398 g/mol. The topological polar surface area (TPSA) is 81.1 Å². The van der Waals surface area contributed by atoms with Gasteiger partial charge in [-0.05, 0) is 50.6 Å². The molecule has 0 radical (unpaired) electrons. The average Bonchev–Trinajstić information content (AvgIpc) is 3.04. The molecule has 0 bridgehead atoms. The Morgan fingerprint density at radius 1 is 1.41 bits per heavy atom. The molecule has 0 spiro atoms. The smallest absolute Gasteiger partial charge is 0.274 e. The molecular formula is C18H25ClFN5O2. The Kier molecular flexibility index (Phi) is 7.70. The molecular weight excluding hydrogens is 373 g/mol. The van der Waals surface area contributed by atoms with E-state index >= 15 is 0 Å². The molecule has 1 aromatic heterocycles. The molecule has 1 aromatic carbocycles. The minimum absolute atomic E-state index is 0. The van der Waals surface area contributed by atoms with Crippen molar-refractivity contribution in [2.45, 2.75) is 39.0 Å². The van der Waals surface area contributed by atoms with Gasteiger partial charge in [-0.1, -0.05) is 11.3 Å². The fourth-order valence-electron chi connectivity index (χ4n) is 3.22. The van der Waals surface area contributed by atoms with Crippen LogP contribution in [0.25, 0.3) is 0 Å². The van der Waals surface area contributed by atoms with Crippen molar-refractivity contribution in [2.24, 2.45) is 0 Å². The molecule has 9 heteroatoms. The number of nitrogens with one attached hydrogen (secondary N) is 2. The monoisotopic (exact) mass is 397 g/mol. The van der Waals surface area contributed by atoms with Crippen molar-refractivity contribution < 1.29 is 13.9 Å². The van der Waals surface area contributed by atoms with Crippen molar-refractivity contribution in [1.29, 1.82) is 0 Å². The van der Waals surface area contributed by atoms with Crippen molar-refractivity contribution in [3.05, 3.63) is 46.5 Å². The highest BCUT2D eigenvalue weighted by Crippen LogP contribution is 2.20. The number of ether oxygens (including phenoxy) is 1. The summed E-state index contributed by atoms with van der Waals surface area (Å²) in [7, 11) is 1.52. The molecule has 3 rings (SSSR count). The maximum atomic E-state index is 13.7. The van der Waals surface area contributed by atoms with Crippen molar-refractivity contribution in [2.75, 3.05) is 20.2 Å². The van der Waals surface area contributed by atoms with Crippen LogP contribution in [-0.4, -0.2) is 41.1 Å². The van der Waals surface area contributed by atoms with E-state index in [1.807, 2.05) is 11.6 Å². The number of amides is 1. The fraction of sp³-hybridized carbons (Fsp3) is 0.500. The molecule has 1 fully saturated rings. The third kappa shape index (κ3) is 5.03. The number of hydrogen-bond acceptors (Lipinski definition) is 5. The summed E-state index contributed by atoms with van der Waals surface area (Å²) in [6.07, 6.45) is 1.95. The molecule has 0 saturated carbocycles. The summed E-state index contributed by atoms with van der Waals surface area (Å²) < 4.78 is 20.5. The number of carbonyl (C=O) groups excluding carboxylic acids is 1. The van der Waals surface area contributed by atoms with Gasteiger partial charge in [0.05, 0.1) is 18.3 Å². The first-order chi connectivity index (χ1) is 12.6. The van der Waals surface area contributed by atoms with Gasteiger partial charge in [-0.25, -0.2) is 9.07 Å². The van der Waals surface area contributed by atoms with Crippen LogP contribution in [-0.2, 0) is 17.9 Å². The zero-order chi connectivity index (χ0) is 18.5. The molecule has 27 heavy (non-hydrogen) atoms. The number of methoxy groups -OCH3 is 1. The van der Waals surface area contributed by atoms with Crippen LogP contribution in [0.2, 0.25) is 0 Å². The summed E-state index contributed by atoms with van der Waals surface area (Å²) in [6.45, 7) is 4.23. The standard InChI is InChI=1S/C18H24FN5O2.ClH/c1-12-17(22-23-24(12)15-5-7-20-8-6-15)18(25)21-10-13-3-4-16(19)14(9-13)11-26-2;/h3-4,9,15,20H,5-8,10-11H2,1-2H3,(H,21,25);1H. The molecule has 1 aliphatic heterocycles. The van der Waals surface area contributed by atoms with E-state index in [0.717, 1.165) is 37.2 Å². The molecule has 0 unspecified atom stereocenters. The number of rotatable bonds is 6. The zero-order valence-electron chi connectivity index (χ0n) is 15.5. The lowest BCUT2D eigenvalue weighted by atomic mass is 10.1. The molecule has 7 nitrogen and oxygen atoms in total. The Balaban J connectivity index is 0.00000261. The lowest BCUT2D eigenvalue weighted by molar-refractivity contribution is 0.0945. The quantitative estimate of drug-likeness (QED) is 0.780. The number of halogens is 2. The third-order valence-electron chi connectivity index (χ3n) is 4.66. The van der Waals surface area contributed by atoms with Crippen molar-refractivity contribution >= 4 is 18.3 Å². The molecule has 2 N–H and O–H groups in total. The highest BCUT2D eigenvalue weighted by Gasteiger charge is 2.22. The Bertz CT molecular complexity index is 777. The zero-order valence-corrected chi connectivity index (χ0v) is 16.3. The van der Waals surface area contributed by atoms with Crippen LogP contribution in [0.15, 0.2) is 18.2 Å². The fourth-order valence-corrected chi connectivity index (χ4v) is 3.22. The van der Waals surface area contributed by atoms with Gasteiger partial charge < -0.3 is 15.4 Å². The normalized spacial score (nSPS) is 14.6. The van der Waals surface area contributed by atoms with E-state index in [1.165, 1.54) is 13.2 Å². The molecule has 2 aromatic rings. The highest BCUT2D eigenvalue weighted by atomic mass is 35.5. The Labute approximate surface area is 164 Å². The van der Waals surface area contributed by atoms with Crippen molar-refractivity contribution in [3.63, 3.8) is 0 Å². The minimum Gasteiger partial charge on any atom is -0.380 e. The Hall–Kier alpha value is -2.03. The number of benzene rings is 1. The van der Waals surface area contributed by atoms with E-state index in [-0.39, 0.29) is 43.3 Å². The first kappa shape index (κ1) is 21.3. The summed E-state index contributed by atoms with van der Waals surface area (Å²) in [4.78, 5) is 12.5. The SMILES string of the molecule is COCc1cc(CNC(=O)c2nnn(C3CCNCC3)c2C)ccc1F.Cl. The molecule has 0 atom stereocenters. The van der Waals surface area contributed by atoms with Crippen LogP contribution < -0.4 is 10.6 Å². The second kappa shape index (κ2) is 9.77. The van der Waals surface area contributed by atoms with E-state index in [1.54, 1.807) is 12.1 Å². The van der Waals surface area contributed by atoms with Gasteiger partial charge in [0.15, 0.2) is 5.69 Å². The van der Waals surface area contributed by atoms with Gasteiger partial charge in [-0.2, -0.15) is 0 Å². The van der Waals surface area contributed by atoms with Crippen LogP contribution in [0.5, 0.6) is 0 Å². The summed E-state index contributed by atoms with van der Waals surface area (Å²) in [5, 5.41) is 14.4. The van der Waals surface area contributed by atoms with Crippen LogP contribution in [0.3, 0.4) is 0 Å². The number of aromatic nitrogens is 3. The summed E-state index contributed by atoms with van der Waals surface area (Å²) in [6, 6.07) is 5.00. The van der Waals surface area contributed by atoms with Crippen LogP contribution in [0.1, 0.15) is 46.2 Å². The van der Waals surface area contributed by atoms with Gasteiger partial charge in [0, 0.05) is 19.2 Å². The lowest BCUT2D eigenvalue weighted by Crippen LogP contribution is -2.30. The Morgan fingerprint density at radius 3 is 2.85 bits per heavy atom. The first-order valence-corrected chi connectivity index (χ1v) is 8.77. The number of nitrogens with zero attached hydrogens (tertiary/aromatic N) is 3. The summed E-state index contributed by atoms with van der Waals surface area (Å²) in [5.74, 6) is -0.594. The number of carbonyl (C=O) groups is 1. The minimum atomic E-state index is -0.317. The first-order valence-electron chi connectivity index (χ1n) is 8.77. The summed E-state index contributed by atoms with van der Waals surface area (Å²) in [5.41, 5.74) is 2.37. The van der Waals surface area contributed by atoms with Gasteiger partial charge in [0.25, 0.3) is 5.91 Å². The van der Waals surface area contributed by atoms with Gasteiger partial charge >= 0.3 is 0 Å². The van der Waals surface area contributed by atoms with E-state index in [4.69, 9.17) is 4.74 Å². The molecule has 148 valence electrons. The second-order valence-corrected chi connectivity index (χ2v) is 6.49. The van der Waals surface area contributed by atoms with E-state index in [2.05, 4.69) is 20.9 Å². The van der Waals surface area contributed by atoms with Crippen molar-refractivity contribution in [3.8, 4) is 0 Å². The predicted octanol–water partition coefficient (Wildman–Crippen LogP) is 2.15. The van der Waals surface area contributed by atoms with Gasteiger partial charge in [-0.3, -0.25) is 4.79 Å². The maximum Gasteiger partial charge on any atom is 0.274 e. The van der Waals surface area contributed by atoms with Crippen LogP contribution in [0.4, 0.5) is 4.39 Å². The second-order valence-electron chi connectivity index (χ2n) is 6.49. The van der Waals surface area contributed by atoms with Crippen molar-refractivity contribution in [1.82, 2.24) is 25.6 Å². The van der Waals surface area contributed by atoms with Gasteiger partial charge in [0.2, 0.25) is 0 Å². The molecule has 1 aliphatic rings. The highest BCUT2D eigenvalue weighted by molar-refractivity contribution is 5.93. The van der Waals surface area contributed by atoms with E-state index in [9.17, 15) is 9.18 Å². The van der Waals surface area contributed by atoms with Gasteiger partial charge in [0.1, 0.15) is 5.82 Å². The third-order valence-corrected chi connectivity index (χ3v) is 4.66. The van der Waals surface area contributed by atoms with Crippen LogP contribution >= 0.6 is 12.4 Å².